The molecule has 0 atom stereocenters. The number of carbonyl (C=O) groups excluding carboxylic acids is 1. The summed E-state index contributed by atoms with van der Waals surface area (Å²) < 4.78 is 26.9. The number of hydrogen-bond donors (Lipinski definition) is 0. The lowest BCUT2D eigenvalue weighted by Crippen LogP contribution is -2.37. The topological polar surface area (TPSA) is 70.6 Å². The summed E-state index contributed by atoms with van der Waals surface area (Å²) >= 11 is 0. The molecule has 6 nitrogen and oxygen atoms in total. The minimum atomic E-state index is -3.53. The molecule has 0 bridgehead atoms. The zero-order chi connectivity index (χ0) is 17.9. The van der Waals surface area contributed by atoms with Crippen LogP contribution >= 0.6 is 0 Å². The fourth-order valence-electron chi connectivity index (χ4n) is 2.90. The third-order valence-electron chi connectivity index (χ3n) is 4.23. The van der Waals surface area contributed by atoms with Crippen molar-refractivity contribution in [2.75, 3.05) is 26.2 Å². The molecule has 2 aromatic rings. The van der Waals surface area contributed by atoms with E-state index < -0.39 is 10.0 Å². The van der Waals surface area contributed by atoms with E-state index in [2.05, 4.69) is 4.98 Å². The van der Waals surface area contributed by atoms with Gasteiger partial charge < -0.3 is 4.90 Å². The molecular formula is C18H21N3O3S. The molecule has 0 N–H and O–H groups in total. The highest BCUT2D eigenvalue weighted by atomic mass is 32.2. The molecule has 1 aromatic heterocycles. The summed E-state index contributed by atoms with van der Waals surface area (Å²) in [6, 6.07) is 13.7. The Morgan fingerprint density at radius 1 is 0.960 bits per heavy atom. The molecule has 2 heterocycles. The second kappa shape index (κ2) is 7.33. The van der Waals surface area contributed by atoms with Crippen LogP contribution in [-0.2, 0) is 10.0 Å². The normalized spacial score (nSPS) is 16.4. The van der Waals surface area contributed by atoms with Gasteiger partial charge in [0.2, 0.25) is 10.0 Å². The third kappa shape index (κ3) is 3.88. The highest BCUT2D eigenvalue weighted by Gasteiger charge is 2.28. The van der Waals surface area contributed by atoms with Crippen molar-refractivity contribution in [2.24, 2.45) is 0 Å². The first kappa shape index (κ1) is 17.6. The Bertz CT molecular complexity index is 853. The molecule has 25 heavy (non-hydrogen) atoms. The van der Waals surface area contributed by atoms with E-state index in [0.717, 1.165) is 5.69 Å². The first-order valence-corrected chi connectivity index (χ1v) is 9.70. The van der Waals surface area contributed by atoms with E-state index in [-0.39, 0.29) is 17.3 Å². The first-order valence-electron chi connectivity index (χ1n) is 8.26. The Labute approximate surface area is 148 Å². The molecule has 1 aliphatic heterocycles. The number of aryl methyl sites for hydroxylation is 1. The second-order valence-corrected chi connectivity index (χ2v) is 7.97. The minimum absolute atomic E-state index is 0.150. The van der Waals surface area contributed by atoms with Gasteiger partial charge in [0.05, 0.1) is 4.90 Å². The predicted molar refractivity (Wildman–Crippen MR) is 94.7 cm³/mol. The van der Waals surface area contributed by atoms with E-state index in [0.29, 0.717) is 31.7 Å². The van der Waals surface area contributed by atoms with Gasteiger partial charge >= 0.3 is 0 Å². The van der Waals surface area contributed by atoms with E-state index in [1.54, 1.807) is 47.4 Å². The highest BCUT2D eigenvalue weighted by molar-refractivity contribution is 7.89. The molecule has 1 amide bonds. The molecule has 3 rings (SSSR count). The number of hydrogen-bond acceptors (Lipinski definition) is 4. The number of rotatable bonds is 3. The quantitative estimate of drug-likeness (QED) is 0.840. The van der Waals surface area contributed by atoms with Crippen LogP contribution in [0.5, 0.6) is 0 Å². The number of amides is 1. The molecule has 0 saturated carbocycles. The van der Waals surface area contributed by atoms with Gasteiger partial charge in [-0.1, -0.05) is 24.3 Å². The van der Waals surface area contributed by atoms with Crippen molar-refractivity contribution in [3.8, 4) is 0 Å². The van der Waals surface area contributed by atoms with Crippen LogP contribution in [-0.4, -0.2) is 54.7 Å². The Morgan fingerprint density at radius 3 is 2.44 bits per heavy atom. The van der Waals surface area contributed by atoms with Gasteiger partial charge in [0, 0.05) is 31.9 Å². The van der Waals surface area contributed by atoms with Gasteiger partial charge in [-0.15, -0.1) is 0 Å². The lowest BCUT2D eigenvalue weighted by Gasteiger charge is -2.21. The van der Waals surface area contributed by atoms with Crippen LogP contribution in [0.4, 0.5) is 0 Å². The number of aromatic nitrogens is 1. The molecule has 0 aliphatic carbocycles. The van der Waals surface area contributed by atoms with Gasteiger partial charge in [-0.05, 0) is 37.6 Å². The molecule has 1 saturated heterocycles. The van der Waals surface area contributed by atoms with Gasteiger partial charge in [-0.2, -0.15) is 4.31 Å². The largest absolute Gasteiger partial charge is 0.336 e. The molecule has 132 valence electrons. The van der Waals surface area contributed by atoms with E-state index in [9.17, 15) is 13.2 Å². The van der Waals surface area contributed by atoms with Crippen molar-refractivity contribution < 1.29 is 13.2 Å². The molecular weight excluding hydrogens is 338 g/mol. The summed E-state index contributed by atoms with van der Waals surface area (Å²) in [6.45, 7) is 3.42. The third-order valence-corrected chi connectivity index (χ3v) is 6.14. The van der Waals surface area contributed by atoms with Gasteiger partial charge in [0.15, 0.2) is 0 Å². The van der Waals surface area contributed by atoms with Crippen LogP contribution in [0.1, 0.15) is 22.6 Å². The van der Waals surface area contributed by atoms with Crippen molar-refractivity contribution >= 4 is 15.9 Å². The van der Waals surface area contributed by atoms with Crippen LogP contribution in [0.15, 0.2) is 53.4 Å². The average Bonchev–Trinajstić information content (AvgIpc) is 2.88. The molecule has 7 heteroatoms. The summed E-state index contributed by atoms with van der Waals surface area (Å²) in [4.78, 5) is 18.9. The Balaban J connectivity index is 1.73. The van der Waals surface area contributed by atoms with Crippen LogP contribution in [0, 0.1) is 6.92 Å². The molecule has 1 fully saturated rings. The van der Waals surface area contributed by atoms with Crippen molar-refractivity contribution in [1.82, 2.24) is 14.2 Å². The average molecular weight is 359 g/mol. The van der Waals surface area contributed by atoms with Crippen molar-refractivity contribution in [1.29, 1.82) is 0 Å². The summed E-state index contributed by atoms with van der Waals surface area (Å²) in [7, 11) is -3.53. The molecule has 1 aromatic carbocycles. The maximum atomic E-state index is 12.7. The summed E-state index contributed by atoms with van der Waals surface area (Å²) in [5, 5.41) is 0. The summed E-state index contributed by atoms with van der Waals surface area (Å²) in [5.41, 5.74) is 1.19. The van der Waals surface area contributed by atoms with Crippen molar-refractivity contribution in [3.05, 3.63) is 59.9 Å². The highest BCUT2D eigenvalue weighted by Crippen LogP contribution is 2.18. The van der Waals surface area contributed by atoms with Gasteiger partial charge in [-0.3, -0.25) is 4.79 Å². The summed E-state index contributed by atoms with van der Waals surface area (Å²) in [6.07, 6.45) is 0.601. The first-order chi connectivity index (χ1) is 12.0. The van der Waals surface area contributed by atoms with E-state index >= 15 is 0 Å². The van der Waals surface area contributed by atoms with Crippen LogP contribution < -0.4 is 0 Å². The van der Waals surface area contributed by atoms with Crippen molar-refractivity contribution in [3.63, 3.8) is 0 Å². The number of sulfonamides is 1. The van der Waals surface area contributed by atoms with E-state index in [4.69, 9.17) is 0 Å². The van der Waals surface area contributed by atoms with E-state index in [1.165, 1.54) is 4.31 Å². The summed E-state index contributed by atoms with van der Waals surface area (Å²) in [5.74, 6) is -0.150. The minimum Gasteiger partial charge on any atom is -0.336 e. The maximum Gasteiger partial charge on any atom is 0.272 e. The lowest BCUT2D eigenvalue weighted by atomic mass is 10.2. The standard InChI is InChI=1S/C18H21N3O3S/c1-15-7-5-10-17(19-15)18(22)20-11-6-12-21(14-13-20)25(23,24)16-8-3-2-4-9-16/h2-5,7-10H,6,11-14H2,1H3. The maximum absolute atomic E-state index is 12.7. The van der Waals surface area contributed by atoms with Crippen LogP contribution in [0.25, 0.3) is 0 Å². The Hall–Kier alpha value is -2.25. The van der Waals surface area contributed by atoms with Crippen molar-refractivity contribution in [2.45, 2.75) is 18.2 Å². The smallest absolute Gasteiger partial charge is 0.272 e. The fraction of sp³-hybridized carbons (Fsp3) is 0.333. The molecule has 0 radical (unpaired) electrons. The zero-order valence-corrected chi connectivity index (χ0v) is 14.9. The van der Waals surface area contributed by atoms with Gasteiger partial charge in [0.1, 0.15) is 5.69 Å². The molecule has 1 aliphatic rings. The van der Waals surface area contributed by atoms with Gasteiger partial charge in [0.25, 0.3) is 5.91 Å². The number of nitrogens with zero attached hydrogens (tertiary/aromatic N) is 3. The Kier molecular flexibility index (Phi) is 5.15. The second-order valence-electron chi connectivity index (χ2n) is 6.03. The zero-order valence-electron chi connectivity index (χ0n) is 14.1. The SMILES string of the molecule is Cc1cccc(C(=O)N2CCCN(S(=O)(=O)c3ccccc3)CC2)n1. The number of benzene rings is 1. The van der Waals surface area contributed by atoms with E-state index in [1.807, 2.05) is 13.0 Å². The fourth-order valence-corrected chi connectivity index (χ4v) is 4.39. The van der Waals surface area contributed by atoms with Gasteiger partial charge in [-0.25, -0.2) is 13.4 Å². The van der Waals surface area contributed by atoms with Crippen LogP contribution in [0.2, 0.25) is 0 Å². The number of pyridine rings is 1. The lowest BCUT2D eigenvalue weighted by molar-refractivity contribution is 0.0758. The Morgan fingerprint density at radius 2 is 1.72 bits per heavy atom. The molecule has 0 unspecified atom stereocenters. The monoisotopic (exact) mass is 359 g/mol. The predicted octanol–water partition coefficient (Wildman–Crippen LogP) is 1.93. The number of carbonyl (C=O) groups is 1. The molecule has 0 spiro atoms. The van der Waals surface area contributed by atoms with Crippen LogP contribution in [0.3, 0.4) is 0 Å².